The van der Waals surface area contributed by atoms with Gasteiger partial charge in [-0.25, -0.2) is 0 Å². The molecule has 5 nitrogen and oxygen atoms in total. The molecule has 206 valence electrons. The van der Waals surface area contributed by atoms with Crippen molar-refractivity contribution in [1.82, 2.24) is 15.1 Å². The monoisotopic (exact) mass is 535 g/mol. The van der Waals surface area contributed by atoms with E-state index in [1.54, 1.807) is 0 Å². The van der Waals surface area contributed by atoms with Gasteiger partial charge >= 0.3 is 0 Å². The van der Waals surface area contributed by atoms with Gasteiger partial charge in [0.15, 0.2) is 0 Å². The lowest BCUT2D eigenvalue weighted by Crippen LogP contribution is -2.47. The molecular formula is C32H45N3O2S. The molecule has 1 N–H and O–H groups in total. The van der Waals surface area contributed by atoms with Crippen LogP contribution in [0.5, 0.6) is 0 Å². The molecule has 1 fully saturated rings. The van der Waals surface area contributed by atoms with Crippen LogP contribution in [0.1, 0.15) is 74.3 Å². The van der Waals surface area contributed by atoms with Crippen molar-refractivity contribution >= 4 is 35.7 Å². The Hall–Kier alpha value is -2.28. The van der Waals surface area contributed by atoms with Gasteiger partial charge in [-0.1, -0.05) is 68.7 Å². The third-order valence-electron chi connectivity index (χ3n) is 8.18. The number of carbonyl (C=O) groups is 2. The van der Waals surface area contributed by atoms with E-state index >= 15 is 0 Å². The number of rotatable bonds is 14. The maximum absolute atomic E-state index is 13.8. The van der Waals surface area contributed by atoms with Crippen LogP contribution in [0.4, 0.5) is 0 Å². The van der Waals surface area contributed by atoms with Crippen molar-refractivity contribution in [2.24, 2.45) is 5.92 Å². The molecule has 2 aliphatic rings. The summed E-state index contributed by atoms with van der Waals surface area (Å²) in [6.45, 7) is 6.07. The molecule has 4 rings (SSSR count). The lowest BCUT2D eigenvalue weighted by Gasteiger charge is -2.36. The zero-order valence-corrected chi connectivity index (χ0v) is 24.1. The van der Waals surface area contributed by atoms with Crippen LogP contribution in [0.25, 0.3) is 12.2 Å². The highest BCUT2D eigenvalue weighted by Gasteiger charge is 2.31. The molecule has 1 aromatic heterocycles. The predicted molar refractivity (Wildman–Crippen MR) is 158 cm³/mol. The number of carbonyl (C=O) groups excluding carboxylic acids is 2. The molecule has 1 heterocycles. The molecule has 0 saturated heterocycles. The fraction of sp³-hybridized carbons (Fsp3) is 0.562. The third kappa shape index (κ3) is 7.43. The summed E-state index contributed by atoms with van der Waals surface area (Å²) in [6, 6.07) is 9.79. The normalized spacial score (nSPS) is 16.4. The van der Waals surface area contributed by atoms with Gasteiger partial charge in [0, 0.05) is 48.6 Å². The van der Waals surface area contributed by atoms with Crippen LogP contribution in [0.15, 0.2) is 30.3 Å². The highest BCUT2D eigenvalue weighted by Crippen LogP contribution is 2.29. The van der Waals surface area contributed by atoms with Gasteiger partial charge in [-0.3, -0.25) is 9.69 Å². The quantitative estimate of drug-likeness (QED) is 0.368. The highest BCUT2D eigenvalue weighted by atomic mass is 32.1. The lowest BCUT2D eigenvalue weighted by molar-refractivity contribution is -0.139. The van der Waals surface area contributed by atoms with E-state index in [4.69, 9.17) is 0 Å². The molecule has 1 amide bonds. The van der Waals surface area contributed by atoms with Crippen molar-refractivity contribution in [3.63, 3.8) is 0 Å². The maximum Gasteiger partial charge on any atom is 0.224 e. The first kappa shape index (κ1) is 28.7. The lowest BCUT2D eigenvalue weighted by atomic mass is 9.83. The largest absolute Gasteiger partial charge is 0.328 e. The average Bonchev–Trinajstić information content (AvgIpc) is 3.32. The first-order valence-electron chi connectivity index (χ1n) is 14.6. The van der Waals surface area contributed by atoms with Crippen LogP contribution in [-0.2, 0) is 29.1 Å². The second kappa shape index (κ2) is 14.8. The molecule has 0 aliphatic heterocycles. The molecule has 0 bridgehead atoms. The molecule has 0 spiro atoms. The van der Waals surface area contributed by atoms with Gasteiger partial charge in [0.05, 0.1) is 6.04 Å². The van der Waals surface area contributed by atoms with E-state index in [1.165, 1.54) is 26.6 Å². The van der Waals surface area contributed by atoms with Crippen molar-refractivity contribution in [3.8, 4) is 0 Å². The molecule has 2 aliphatic carbocycles. The Morgan fingerprint density at radius 3 is 2.55 bits per heavy atom. The number of fused-ring (bicyclic) bond motifs is 1. The van der Waals surface area contributed by atoms with Crippen molar-refractivity contribution in [2.45, 2.75) is 83.8 Å². The van der Waals surface area contributed by atoms with E-state index in [-0.39, 0.29) is 17.9 Å². The standard InChI is InChI=1S/C32H45N3O2S/c1-3-30-28(27-16-10-11-17-31(27)38-30)23-34(21-19-33-2)20-18-32(37)35(22-25-12-6-4-7-13-25)29(24-36)26-14-8-5-9-15-26/h4,6-7,12-13,16-17,24,26,29,33H,3,5,8-11,14-15,18-23H2,1-2H3. The fourth-order valence-electron chi connectivity index (χ4n) is 6.04. The van der Waals surface area contributed by atoms with Gasteiger partial charge in [-0.05, 0) is 61.4 Å². The van der Waals surface area contributed by atoms with Gasteiger partial charge in [0.25, 0.3) is 0 Å². The van der Waals surface area contributed by atoms with Crippen molar-refractivity contribution in [3.05, 3.63) is 56.1 Å². The van der Waals surface area contributed by atoms with Crippen LogP contribution in [0.2, 0.25) is 0 Å². The van der Waals surface area contributed by atoms with Crippen molar-refractivity contribution in [2.75, 3.05) is 26.7 Å². The summed E-state index contributed by atoms with van der Waals surface area (Å²) >= 11 is 1.94. The molecule has 38 heavy (non-hydrogen) atoms. The van der Waals surface area contributed by atoms with E-state index in [1.807, 2.05) is 41.5 Å². The predicted octanol–water partition coefficient (Wildman–Crippen LogP) is 4.25. The zero-order chi connectivity index (χ0) is 26.7. The first-order chi connectivity index (χ1) is 18.6. The molecule has 1 unspecified atom stereocenters. The van der Waals surface area contributed by atoms with Gasteiger partial charge in [-0.15, -0.1) is 11.3 Å². The number of hydrogen-bond acceptors (Lipinski definition) is 5. The Balaban J connectivity index is 1.51. The number of nitrogens with zero attached hydrogens (tertiary/aromatic N) is 2. The Morgan fingerprint density at radius 1 is 1.08 bits per heavy atom. The zero-order valence-electron chi connectivity index (χ0n) is 23.3. The summed E-state index contributed by atoms with van der Waals surface area (Å²) in [6.07, 6.45) is 15.2. The minimum atomic E-state index is -0.338. The summed E-state index contributed by atoms with van der Waals surface area (Å²) in [5, 5.41) is 4.71. The minimum absolute atomic E-state index is 0.0916. The van der Waals surface area contributed by atoms with E-state index in [9.17, 15) is 9.59 Å². The molecule has 1 saturated carbocycles. The number of aryl methyl sites for hydroxylation is 1. The average molecular weight is 536 g/mol. The van der Waals surface area contributed by atoms with Crippen LogP contribution < -0.4 is 15.1 Å². The summed E-state index contributed by atoms with van der Waals surface area (Å²) in [7, 11) is 1.98. The summed E-state index contributed by atoms with van der Waals surface area (Å²) in [5.41, 5.74) is 2.53. The molecular weight excluding hydrogens is 490 g/mol. The van der Waals surface area contributed by atoms with Crippen LogP contribution in [0.3, 0.4) is 0 Å². The van der Waals surface area contributed by atoms with Crippen LogP contribution in [-0.4, -0.2) is 54.7 Å². The second-order valence-electron chi connectivity index (χ2n) is 10.8. The number of thiophene rings is 1. The number of aldehydes is 1. The van der Waals surface area contributed by atoms with Crippen LogP contribution in [0, 0.1) is 5.92 Å². The molecule has 1 aromatic carbocycles. The Morgan fingerprint density at radius 2 is 1.84 bits per heavy atom. The summed E-state index contributed by atoms with van der Waals surface area (Å²) < 4.78 is 1.42. The first-order valence-corrected chi connectivity index (χ1v) is 15.4. The Labute approximate surface area is 232 Å². The Bertz CT molecular complexity index is 1150. The molecule has 1 atom stereocenters. The van der Waals surface area contributed by atoms with Gasteiger partial charge < -0.3 is 15.0 Å². The van der Waals surface area contributed by atoms with E-state index in [2.05, 4.69) is 41.4 Å². The molecule has 2 aromatic rings. The number of hydrogen-bond donors (Lipinski definition) is 1. The second-order valence-corrected chi connectivity index (χ2v) is 11.9. The number of nitrogens with one attached hydrogen (secondary N) is 1. The molecule has 0 radical (unpaired) electrons. The van der Waals surface area contributed by atoms with Gasteiger partial charge in [0.2, 0.25) is 5.91 Å². The van der Waals surface area contributed by atoms with E-state index in [0.29, 0.717) is 19.5 Å². The SMILES string of the molecule is CCc1sc2c(c1CN(CCNC)CCC(=O)N(Cc1ccccc1)C(C=O)C1CCCCC1)=CCCC=2. The number of likely N-dealkylation sites (N-methyl/N-ethyl adjacent to an activating group) is 1. The number of amides is 1. The highest BCUT2D eigenvalue weighted by molar-refractivity contribution is 7.10. The van der Waals surface area contributed by atoms with E-state index < -0.39 is 0 Å². The minimum Gasteiger partial charge on any atom is -0.328 e. The maximum atomic E-state index is 13.8. The topological polar surface area (TPSA) is 52.7 Å². The van der Waals surface area contributed by atoms with Gasteiger partial charge in [-0.2, -0.15) is 0 Å². The fourth-order valence-corrected chi connectivity index (χ4v) is 7.27. The molecule has 6 heteroatoms. The Kier molecular flexibility index (Phi) is 11.2. The van der Waals surface area contributed by atoms with Gasteiger partial charge in [0.1, 0.15) is 6.29 Å². The van der Waals surface area contributed by atoms with Crippen LogP contribution >= 0.6 is 11.3 Å². The van der Waals surface area contributed by atoms with Crippen molar-refractivity contribution < 1.29 is 9.59 Å². The number of benzene rings is 1. The van der Waals surface area contributed by atoms with E-state index in [0.717, 1.165) is 76.4 Å². The third-order valence-corrected chi connectivity index (χ3v) is 9.56. The summed E-state index contributed by atoms with van der Waals surface area (Å²) in [5.74, 6) is 0.361. The smallest absolute Gasteiger partial charge is 0.224 e. The summed E-state index contributed by atoms with van der Waals surface area (Å²) in [4.78, 5) is 32.0. The van der Waals surface area contributed by atoms with Crippen molar-refractivity contribution in [1.29, 1.82) is 0 Å².